The Balaban J connectivity index is 1.24. The maximum absolute atomic E-state index is 13.0. The Morgan fingerprint density at radius 1 is 1.32 bits per heavy atom. The van der Waals surface area contributed by atoms with Gasteiger partial charge in [0.15, 0.2) is 0 Å². The lowest BCUT2D eigenvalue weighted by Gasteiger charge is -2.28. The molecule has 1 amide bonds. The van der Waals surface area contributed by atoms with Gasteiger partial charge in [0.25, 0.3) is 5.91 Å². The van der Waals surface area contributed by atoms with Crippen LogP contribution in [0.2, 0.25) is 0 Å². The molecule has 1 saturated heterocycles. The highest BCUT2D eigenvalue weighted by atomic mass is 32.1. The molecular weight excluding hydrogens is 450 g/mol. The van der Waals surface area contributed by atoms with Crippen molar-refractivity contribution in [2.24, 2.45) is 11.7 Å². The quantitative estimate of drug-likeness (QED) is 0.496. The first-order valence-corrected chi connectivity index (χ1v) is 12.5. The third-order valence-electron chi connectivity index (χ3n) is 6.62. The Labute approximate surface area is 203 Å². The van der Waals surface area contributed by atoms with Crippen LogP contribution in [0.1, 0.15) is 27.9 Å². The third-order valence-corrected chi connectivity index (χ3v) is 7.74. The molecule has 2 aliphatic heterocycles. The largest absolute Gasteiger partial charge is 0.491 e. The van der Waals surface area contributed by atoms with E-state index in [1.807, 2.05) is 26.0 Å². The zero-order valence-electron chi connectivity index (χ0n) is 19.5. The van der Waals surface area contributed by atoms with Crippen LogP contribution in [-0.4, -0.2) is 55.9 Å². The monoisotopic (exact) mass is 481 g/mol. The normalized spacial score (nSPS) is 22.0. The molecule has 0 bridgehead atoms. The summed E-state index contributed by atoms with van der Waals surface area (Å²) in [5.74, 6) is 1.01. The van der Waals surface area contributed by atoms with E-state index in [2.05, 4.69) is 33.4 Å². The van der Waals surface area contributed by atoms with E-state index in [1.54, 1.807) is 0 Å². The first-order chi connectivity index (χ1) is 16.4. The number of rotatable bonds is 6. The molecule has 0 aliphatic carbocycles. The van der Waals surface area contributed by atoms with Crippen LogP contribution in [-0.2, 0) is 11.2 Å². The number of nitrogen functional groups attached to an aromatic ring is 1. The fraction of sp³-hybridized carbons (Fsp3) is 0.440. The number of aromatic nitrogens is 1. The summed E-state index contributed by atoms with van der Waals surface area (Å²) in [4.78, 5) is 21.0. The van der Waals surface area contributed by atoms with Crippen LogP contribution < -0.4 is 26.4 Å². The fourth-order valence-electron chi connectivity index (χ4n) is 4.71. The highest BCUT2D eigenvalue weighted by molar-refractivity contribution is 7.21. The number of anilines is 2. The van der Waals surface area contributed by atoms with Gasteiger partial charge in [-0.2, -0.15) is 0 Å². The summed E-state index contributed by atoms with van der Waals surface area (Å²) in [6, 6.07) is 10.1. The molecule has 3 aromatic rings. The van der Waals surface area contributed by atoms with Crippen LogP contribution in [0.25, 0.3) is 10.2 Å². The van der Waals surface area contributed by atoms with Crippen molar-refractivity contribution >= 4 is 38.8 Å². The third kappa shape index (κ3) is 4.43. The smallest absolute Gasteiger partial charge is 0.263 e. The lowest BCUT2D eigenvalue weighted by atomic mass is 10.0. The van der Waals surface area contributed by atoms with Crippen LogP contribution in [0.15, 0.2) is 30.3 Å². The Morgan fingerprint density at radius 3 is 3.00 bits per heavy atom. The summed E-state index contributed by atoms with van der Waals surface area (Å²) in [7, 11) is 0. The maximum atomic E-state index is 13.0. The number of fused-ring (bicyclic) bond motifs is 2. The van der Waals surface area contributed by atoms with Gasteiger partial charge in [-0.1, -0.05) is 6.07 Å². The number of hydrogen-bond acceptors (Lipinski definition) is 8. The number of carbonyl (C=O) groups is 1. The average molecular weight is 482 g/mol. The van der Waals surface area contributed by atoms with Gasteiger partial charge in [-0.3, -0.25) is 4.79 Å². The first-order valence-electron chi connectivity index (χ1n) is 11.7. The van der Waals surface area contributed by atoms with Crippen molar-refractivity contribution in [3.05, 3.63) is 46.5 Å². The number of thiophene rings is 1. The summed E-state index contributed by atoms with van der Waals surface area (Å²) in [6.07, 6.45) is 0.704. The molecule has 0 unspecified atom stereocenters. The lowest BCUT2D eigenvalue weighted by molar-refractivity contribution is 0.0920. The van der Waals surface area contributed by atoms with Crippen LogP contribution in [0.3, 0.4) is 0 Å². The molecule has 2 aromatic heterocycles. The number of nitrogens with two attached hydrogens (primary N) is 2. The molecule has 9 heteroatoms. The summed E-state index contributed by atoms with van der Waals surface area (Å²) < 4.78 is 11.7. The van der Waals surface area contributed by atoms with Crippen molar-refractivity contribution in [2.75, 3.05) is 43.5 Å². The molecule has 5 N–H and O–H groups in total. The molecule has 3 atom stereocenters. The van der Waals surface area contributed by atoms with Crippen LogP contribution in [0.5, 0.6) is 5.75 Å². The summed E-state index contributed by atoms with van der Waals surface area (Å²) in [5, 5.41) is 3.91. The van der Waals surface area contributed by atoms with E-state index in [1.165, 1.54) is 11.3 Å². The van der Waals surface area contributed by atoms with Gasteiger partial charge in [-0.25, -0.2) is 4.98 Å². The molecule has 1 aromatic carbocycles. The van der Waals surface area contributed by atoms with Gasteiger partial charge in [0.1, 0.15) is 22.1 Å². The summed E-state index contributed by atoms with van der Waals surface area (Å²) >= 11 is 1.33. The molecule has 2 aliphatic rings. The number of aryl methyl sites for hydroxylation is 1. The molecule has 5 rings (SSSR count). The molecule has 180 valence electrons. The van der Waals surface area contributed by atoms with E-state index in [-0.39, 0.29) is 18.0 Å². The average Bonchev–Trinajstić information content (AvgIpc) is 3.36. The first kappa shape index (κ1) is 22.9. The molecule has 0 spiro atoms. The predicted molar refractivity (Wildman–Crippen MR) is 136 cm³/mol. The van der Waals surface area contributed by atoms with E-state index in [4.69, 9.17) is 20.9 Å². The number of hydrogen-bond donors (Lipinski definition) is 3. The van der Waals surface area contributed by atoms with Gasteiger partial charge < -0.3 is 31.2 Å². The van der Waals surface area contributed by atoms with Crippen LogP contribution >= 0.6 is 11.3 Å². The molecule has 0 radical (unpaired) electrons. The minimum Gasteiger partial charge on any atom is -0.491 e. The van der Waals surface area contributed by atoms with Crippen LogP contribution in [0, 0.1) is 12.8 Å². The Bertz CT molecular complexity index is 1210. The van der Waals surface area contributed by atoms with Gasteiger partial charge in [-0.15, -0.1) is 11.3 Å². The fourth-order valence-corrected chi connectivity index (χ4v) is 5.75. The van der Waals surface area contributed by atoms with Gasteiger partial charge in [0.05, 0.1) is 18.3 Å². The van der Waals surface area contributed by atoms with E-state index in [0.29, 0.717) is 42.7 Å². The van der Waals surface area contributed by atoms with Crippen molar-refractivity contribution in [1.29, 1.82) is 0 Å². The van der Waals surface area contributed by atoms with Crippen molar-refractivity contribution in [2.45, 2.75) is 32.4 Å². The van der Waals surface area contributed by atoms with E-state index in [9.17, 15) is 4.79 Å². The van der Waals surface area contributed by atoms with Gasteiger partial charge >= 0.3 is 0 Å². The zero-order valence-corrected chi connectivity index (χ0v) is 20.4. The molecule has 0 saturated carbocycles. The Morgan fingerprint density at radius 2 is 2.18 bits per heavy atom. The second-order valence-corrected chi connectivity index (χ2v) is 10.1. The Kier molecular flexibility index (Phi) is 6.33. The number of nitrogens with one attached hydrogen (secondary N) is 1. The van der Waals surface area contributed by atoms with Crippen molar-refractivity contribution in [1.82, 2.24) is 10.3 Å². The zero-order chi connectivity index (χ0) is 23.8. The minimum atomic E-state index is -0.182. The number of nitrogens with zero attached hydrogens (tertiary/aromatic N) is 2. The second-order valence-electron chi connectivity index (χ2n) is 9.12. The topological polar surface area (TPSA) is 116 Å². The van der Waals surface area contributed by atoms with Gasteiger partial charge in [0.2, 0.25) is 0 Å². The van der Waals surface area contributed by atoms with E-state index in [0.717, 1.165) is 46.0 Å². The molecular formula is C25H31N5O3S. The number of carbonyl (C=O) groups excluding carboxylic acids is 1. The van der Waals surface area contributed by atoms with E-state index < -0.39 is 0 Å². The molecule has 4 heterocycles. The summed E-state index contributed by atoms with van der Waals surface area (Å²) in [6.45, 7) is 7.43. The van der Waals surface area contributed by atoms with Crippen molar-refractivity contribution in [3.63, 3.8) is 0 Å². The SMILES string of the molecule is CCOC[C@H]1CN(c2ccc3c(c2)OC[C@H](NC(=O)c2sc4nc(C)ccc4c2N)C3)C[C@H]1N. The summed E-state index contributed by atoms with van der Waals surface area (Å²) in [5.41, 5.74) is 16.2. The molecule has 1 fully saturated rings. The lowest BCUT2D eigenvalue weighted by Crippen LogP contribution is -2.42. The highest BCUT2D eigenvalue weighted by Gasteiger charge is 2.31. The van der Waals surface area contributed by atoms with Crippen LogP contribution in [0.4, 0.5) is 11.4 Å². The number of ether oxygens (including phenoxy) is 2. The molecule has 34 heavy (non-hydrogen) atoms. The Hall–Kier alpha value is -2.88. The van der Waals surface area contributed by atoms with Gasteiger partial charge in [0, 0.05) is 54.5 Å². The predicted octanol–water partition coefficient (Wildman–Crippen LogP) is 2.72. The number of benzene rings is 1. The second kappa shape index (κ2) is 9.40. The number of pyridine rings is 1. The van der Waals surface area contributed by atoms with Crippen molar-refractivity contribution < 1.29 is 14.3 Å². The molecule has 8 nitrogen and oxygen atoms in total. The van der Waals surface area contributed by atoms with Gasteiger partial charge in [-0.05, 0) is 44.0 Å². The minimum absolute atomic E-state index is 0.101. The standard InChI is InChI=1S/C25H31N5O3S/c1-3-32-12-16-10-30(11-20(16)26)18-6-5-15-8-17(13-33-21(15)9-18)29-24(31)23-22(27)19-7-4-14(2)28-25(19)34-23/h4-7,9,16-17,20H,3,8,10-13,26-27H2,1-2H3,(H,29,31)/t16-,17-,20-/m1/s1. The van der Waals surface area contributed by atoms with Crippen molar-refractivity contribution in [3.8, 4) is 5.75 Å². The maximum Gasteiger partial charge on any atom is 0.263 e. The number of amides is 1. The highest BCUT2D eigenvalue weighted by Crippen LogP contribution is 2.34. The van der Waals surface area contributed by atoms with E-state index >= 15 is 0 Å².